The van der Waals surface area contributed by atoms with E-state index in [1.807, 2.05) is 37.3 Å². The van der Waals surface area contributed by atoms with Gasteiger partial charge in [-0.25, -0.2) is 9.69 Å². The van der Waals surface area contributed by atoms with Gasteiger partial charge in [-0.05, 0) is 37.3 Å². The molecule has 2 aliphatic rings. The zero-order chi connectivity index (χ0) is 22.8. The van der Waals surface area contributed by atoms with Crippen LogP contribution in [-0.4, -0.2) is 40.8 Å². The summed E-state index contributed by atoms with van der Waals surface area (Å²) in [6.07, 6.45) is 1.29. The molecule has 0 aliphatic carbocycles. The van der Waals surface area contributed by atoms with Gasteiger partial charge in [0.2, 0.25) is 11.4 Å². The first-order valence-electron chi connectivity index (χ1n) is 10.0. The summed E-state index contributed by atoms with van der Waals surface area (Å²) >= 11 is 0. The molecule has 1 atom stereocenters. The average molecular weight is 433 g/mol. The second kappa shape index (κ2) is 8.46. The zero-order valence-electron chi connectivity index (χ0n) is 17.5. The topological polar surface area (TPSA) is 108 Å². The summed E-state index contributed by atoms with van der Waals surface area (Å²) in [7, 11) is 0. The number of imide groups is 2. The minimum absolute atomic E-state index is 0.275. The molecule has 9 nitrogen and oxygen atoms in total. The van der Waals surface area contributed by atoms with Crippen LogP contribution in [0, 0.1) is 5.92 Å². The molecule has 2 aliphatic heterocycles. The average Bonchev–Trinajstić information content (AvgIpc) is 3.06. The van der Waals surface area contributed by atoms with E-state index in [1.54, 1.807) is 35.9 Å². The van der Waals surface area contributed by atoms with Crippen LogP contribution in [0.2, 0.25) is 0 Å². The van der Waals surface area contributed by atoms with Crippen LogP contribution < -0.4 is 20.4 Å². The highest BCUT2D eigenvalue weighted by Crippen LogP contribution is 2.25. The number of hydrogen-bond donors (Lipinski definition) is 2. The predicted molar refractivity (Wildman–Crippen MR) is 115 cm³/mol. The Labute approximate surface area is 183 Å². The molecule has 32 heavy (non-hydrogen) atoms. The number of ether oxygens (including phenoxy) is 1. The fraction of sp³-hybridized carbons (Fsp3) is 0.174. The molecular formula is C23H21N4O5+. The van der Waals surface area contributed by atoms with E-state index >= 15 is 0 Å². The van der Waals surface area contributed by atoms with E-state index in [2.05, 4.69) is 10.7 Å². The summed E-state index contributed by atoms with van der Waals surface area (Å²) in [4.78, 5) is 51.4. The third kappa shape index (κ3) is 3.76. The van der Waals surface area contributed by atoms with Crippen LogP contribution in [0.15, 0.2) is 66.2 Å². The van der Waals surface area contributed by atoms with Crippen molar-refractivity contribution in [3.63, 3.8) is 0 Å². The first kappa shape index (κ1) is 21.0. The molecule has 5 amide bonds. The normalized spacial score (nSPS) is 20.0. The third-order valence-electron chi connectivity index (χ3n) is 5.16. The minimum atomic E-state index is -0.858. The van der Waals surface area contributed by atoms with Gasteiger partial charge in [0.25, 0.3) is 17.7 Å². The van der Waals surface area contributed by atoms with Crippen LogP contribution in [0.3, 0.4) is 0 Å². The standard InChI is InChI=1S/C23H20N4O5/c1-3-32-17-11-9-15(10-12-17)26-22(30)19(20(28)24-23(26)31)13-18-14(2)27(25-21(18)29)16-7-5-4-6-8-16/h4-13,18H,3H2,1-2H3,(H-,24,25,28,29,31)/p+1/b19-13+. The summed E-state index contributed by atoms with van der Waals surface area (Å²) in [5.41, 5.74) is 4.06. The SMILES string of the molecule is CCOc1ccc(N2C(=O)NC(=O)/C(=C\C3C(=O)N[N+](c4ccccc4)=C3C)C2=O)cc1. The summed E-state index contributed by atoms with van der Waals surface area (Å²) in [6, 6.07) is 14.7. The van der Waals surface area contributed by atoms with Gasteiger partial charge in [-0.3, -0.25) is 19.7 Å². The van der Waals surface area contributed by atoms with Crippen LogP contribution in [-0.2, 0) is 14.4 Å². The summed E-state index contributed by atoms with van der Waals surface area (Å²) < 4.78 is 6.98. The molecule has 9 heteroatoms. The molecule has 1 unspecified atom stereocenters. The van der Waals surface area contributed by atoms with Gasteiger partial charge in [0.1, 0.15) is 17.2 Å². The van der Waals surface area contributed by atoms with Crippen molar-refractivity contribution >= 4 is 40.8 Å². The van der Waals surface area contributed by atoms with E-state index in [1.165, 1.54) is 6.08 Å². The Hall–Kier alpha value is -4.27. The summed E-state index contributed by atoms with van der Waals surface area (Å²) in [5, 5.41) is 2.17. The Morgan fingerprint density at radius 3 is 2.38 bits per heavy atom. The lowest BCUT2D eigenvalue weighted by Gasteiger charge is -2.26. The second-order valence-electron chi connectivity index (χ2n) is 7.17. The molecule has 2 aromatic carbocycles. The number of hydrazine groups is 1. The Morgan fingerprint density at radius 1 is 1.03 bits per heavy atom. The van der Waals surface area contributed by atoms with Crippen molar-refractivity contribution in [1.29, 1.82) is 0 Å². The fourth-order valence-corrected chi connectivity index (χ4v) is 3.57. The van der Waals surface area contributed by atoms with Crippen LogP contribution in [0.1, 0.15) is 13.8 Å². The molecule has 0 bridgehead atoms. The maximum atomic E-state index is 13.1. The van der Waals surface area contributed by atoms with Crippen LogP contribution >= 0.6 is 0 Å². The minimum Gasteiger partial charge on any atom is -0.494 e. The number of nitrogens with zero attached hydrogens (tertiary/aromatic N) is 2. The van der Waals surface area contributed by atoms with Gasteiger partial charge in [0, 0.05) is 19.1 Å². The van der Waals surface area contributed by atoms with Crippen molar-refractivity contribution in [3.8, 4) is 5.75 Å². The Kier molecular flexibility index (Phi) is 5.55. The molecule has 0 saturated carbocycles. The van der Waals surface area contributed by atoms with E-state index in [-0.39, 0.29) is 17.2 Å². The van der Waals surface area contributed by atoms with Crippen LogP contribution in [0.4, 0.5) is 16.2 Å². The molecule has 162 valence electrons. The number of amides is 5. The molecule has 0 radical (unpaired) electrons. The highest BCUT2D eigenvalue weighted by molar-refractivity contribution is 6.37. The number of carbonyl (C=O) groups excluding carboxylic acids is 4. The Morgan fingerprint density at radius 2 is 1.72 bits per heavy atom. The highest BCUT2D eigenvalue weighted by atomic mass is 16.5. The molecule has 1 fully saturated rings. The Balaban J connectivity index is 1.67. The van der Waals surface area contributed by atoms with Gasteiger partial charge in [-0.1, -0.05) is 22.9 Å². The predicted octanol–water partition coefficient (Wildman–Crippen LogP) is 2.06. The molecule has 2 heterocycles. The molecule has 4 rings (SSSR count). The fourth-order valence-electron chi connectivity index (χ4n) is 3.57. The van der Waals surface area contributed by atoms with Crippen molar-refractivity contribution in [2.75, 3.05) is 11.5 Å². The van der Waals surface area contributed by atoms with Crippen LogP contribution in [0.5, 0.6) is 5.75 Å². The number of barbiturate groups is 1. The van der Waals surface area contributed by atoms with E-state index < -0.39 is 23.8 Å². The first-order chi connectivity index (χ1) is 15.4. The molecule has 1 saturated heterocycles. The van der Waals surface area contributed by atoms with Gasteiger partial charge in [0.05, 0.1) is 12.3 Å². The molecular weight excluding hydrogens is 412 g/mol. The number of hydrazone groups is 1. The number of para-hydroxylation sites is 1. The quantitative estimate of drug-likeness (QED) is 0.426. The number of hydrogen-bond acceptors (Lipinski definition) is 5. The third-order valence-corrected chi connectivity index (χ3v) is 5.16. The van der Waals surface area contributed by atoms with Crippen molar-refractivity contribution in [2.45, 2.75) is 13.8 Å². The number of carbonyl (C=O) groups is 4. The Bertz CT molecular complexity index is 1170. The number of anilines is 1. The van der Waals surface area contributed by atoms with Gasteiger partial charge < -0.3 is 4.74 Å². The largest absolute Gasteiger partial charge is 0.494 e. The maximum absolute atomic E-state index is 13.1. The van der Waals surface area contributed by atoms with Crippen molar-refractivity contribution in [2.24, 2.45) is 5.92 Å². The van der Waals surface area contributed by atoms with E-state index in [0.29, 0.717) is 18.1 Å². The summed E-state index contributed by atoms with van der Waals surface area (Å²) in [5.74, 6) is -2.30. The van der Waals surface area contributed by atoms with E-state index in [0.717, 1.165) is 10.6 Å². The monoisotopic (exact) mass is 433 g/mol. The van der Waals surface area contributed by atoms with Crippen molar-refractivity contribution < 1.29 is 28.6 Å². The molecule has 2 aromatic rings. The number of rotatable bonds is 5. The lowest BCUT2D eigenvalue weighted by molar-refractivity contribution is -0.486. The smallest absolute Gasteiger partial charge is 0.335 e. The van der Waals surface area contributed by atoms with Gasteiger partial charge in [-0.15, -0.1) is 5.43 Å². The molecule has 2 N–H and O–H groups in total. The second-order valence-corrected chi connectivity index (χ2v) is 7.17. The first-order valence-corrected chi connectivity index (χ1v) is 10.0. The molecule has 0 spiro atoms. The highest BCUT2D eigenvalue weighted by Gasteiger charge is 2.42. The van der Waals surface area contributed by atoms with Crippen LogP contribution in [0.25, 0.3) is 0 Å². The van der Waals surface area contributed by atoms with E-state index in [4.69, 9.17) is 4.74 Å². The lowest BCUT2D eigenvalue weighted by atomic mass is 9.99. The van der Waals surface area contributed by atoms with Crippen molar-refractivity contribution in [1.82, 2.24) is 10.7 Å². The van der Waals surface area contributed by atoms with E-state index in [9.17, 15) is 19.2 Å². The van der Waals surface area contributed by atoms with Gasteiger partial charge >= 0.3 is 6.03 Å². The summed E-state index contributed by atoms with van der Waals surface area (Å²) in [6.45, 7) is 4.05. The van der Waals surface area contributed by atoms with Gasteiger partial charge in [-0.2, -0.15) is 0 Å². The van der Waals surface area contributed by atoms with Gasteiger partial charge in [0.15, 0.2) is 0 Å². The number of urea groups is 1. The van der Waals surface area contributed by atoms with Crippen molar-refractivity contribution in [3.05, 3.63) is 66.2 Å². The lowest BCUT2D eigenvalue weighted by Crippen LogP contribution is -2.54. The number of nitrogens with one attached hydrogen (secondary N) is 2. The zero-order valence-corrected chi connectivity index (χ0v) is 17.5. The molecule has 0 aromatic heterocycles. The maximum Gasteiger partial charge on any atom is 0.335 e. The number of benzene rings is 2.